The molecule has 1 atom stereocenters. The number of likely N-dealkylation sites (tertiary alicyclic amines) is 1. The second-order valence-electron chi connectivity index (χ2n) is 7.13. The minimum Gasteiger partial charge on any atom is -0.461 e. The average molecular weight is 403 g/mol. The van der Waals surface area contributed by atoms with Gasteiger partial charge in [-0.1, -0.05) is 30.0 Å². The SMILES string of the molecule is CCOC(=O)c1nc(-c2cccc(C#C[C@]3(O)CCN(C)C3=O)c2)n2ccccc12. The van der Waals surface area contributed by atoms with Crippen LogP contribution < -0.4 is 0 Å². The monoisotopic (exact) mass is 403 g/mol. The first-order valence-corrected chi connectivity index (χ1v) is 9.69. The van der Waals surface area contributed by atoms with E-state index in [1.807, 2.05) is 47.0 Å². The van der Waals surface area contributed by atoms with Gasteiger partial charge in [-0.15, -0.1) is 0 Å². The number of hydrogen-bond donors (Lipinski definition) is 1. The molecule has 1 N–H and O–H groups in total. The van der Waals surface area contributed by atoms with Gasteiger partial charge in [-0.25, -0.2) is 9.78 Å². The van der Waals surface area contributed by atoms with Crippen molar-refractivity contribution in [2.24, 2.45) is 0 Å². The lowest BCUT2D eigenvalue weighted by molar-refractivity contribution is -0.137. The van der Waals surface area contributed by atoms with E-state index in [4.69, 9.17) is 4.74 Å². The summed E-state index contributed by atoms with van der Waals surface area (Å²) in [7, 11) is 1.65. The predicted molar refractivity (Wildman–Crippen MR) is 111 cm³/mol. The van der Waals surface area contributed by atoms with E-state index >= 15 is 0 Å². The summed E-state index contributed by atoms with van der Waals surface area (Å²) in [5.41, 5.74) is 0.630. The summed E-state index contributed by atoms with van der Waals surface area (Å²) >= 11 is 0. The van der Waals surface area contributed by atoms with E-state index in [9.17, 15) is 14.7 Å². The summed E-state index contributed by atoms with van der Waals surface area (Å²) in [4.78, 5) is 30.4. The molecule has 3 heterocycles. The molecule has 7 nitrogen and oxygen atoms in total. The normalized spacial score (nSPS) is 18.4. The zero-order chi connectivity index (χ0) is 21.3. The van der Waals surface area contributed by atoms with Crippen molar-refractivity contribution in [2.45, 2.75) is 18.9 Å². The number of carbonyl (C=O) groups excluding carboxylic acids is 2. The smallest absolute Gasteiger partial charge is 0.359 e. The molecule has 1 aliphatic heterocycles. The lowest BCUT2D eigenvalue weighted by Crippen LogP contribution is -2.37. The minimum absolute atomic E-state index is 0.248. The van der Waals surface area contributed by atoms with Crippen LogP contribution in [0.3, 0.4) is 0 Å². The molecule has 1 aromatic carbocycles. The first-order valence-electron chi connectivity index (χ1n) is 9.69. The maximum Gasteiger partial charge on any atom is 0.359 e. The second kappa shape index (κ2) is 7.65. The Balaban J connectivity index is 1.74. The van der Waals surface area contributed by atoms with Crippen molar-refractivity contribution in [2.75, 3.05) is 20.2 Å². The fourth-order valence-electron chi connectivity index (χ4n) is 3.47. The highest BCUT2D eigenvalue weighted by atomic mass is 16.5. The summed E-state index contributed by atoms with van der Waals surface area (Å²) in [6.45, 7) is 2.49. The number of carbonyl (C=O) groups is 2. The standard InChI is InChI=1S/C23H21N3O4/c1-3-30-21(27)19-18-9-4-5-13-26(18)20(24-19)17-8-6-7-16(15-17)10-11-23(29)12-14-25(2)22(23)28/h4-9,13,15,29H,3,12,14H2,1-2H3/t23-/m0/s1. The van der Waals surface area contributed by atoms with Gasteiger partial charge in [-0.2, -0.15) is 0 Å². The number of likely N-dealkylation sites (N-methyl/N-ethyl adjacent to an activating group) is 1. The predicted octanol–water partition coefficient (Wildman–Crippen LogP) is 2.12. The third-order valence-corrected chi connectivity index (χ3v) is 5.06. The van der Waals surface area contributed by atoms with E-state index in [1.54, 1.807) is 20.0 Å². The van der Waals surface area contributed by atoms with Crippen molar-refractivity contribution in [3.63, 3.8) is 0 Å². The highest BCUT2D eigenvalue weighted by molar-refractivity contribution is 5.96. The van der Waals surface area contributed by atoms with Gasteiger partial charge in [0.1, 0.15) is 5.82 Å². The van der Waals surface area contributed by atoms with E-state index in [0.29, 0.717) is 23.4 Å². The Kier molecular flexibility index (Phi) is 5.02. The van der Waals surface area contributed by atoms with Crippen molar-refractivity contribution in [3.8, 4) is 23.2 Å². The van der Waals surface area contributed by atoms with Crippen molar-refractivity contribution >= 4 is 17.4 Å². The van der Waals surface area contributed by atoms with Crippen molar-refractivity contribution in [1.29, 1.82) is 0 Å². The lowest BCUT2D eigenvalue weighted by Gasteiger charge is -2.13. The minimum atomic E-state index is -1.65. The molecule has 1 amide bonds. The second-order valence-corrected chi connectivity index (χ2v) is 7.13. The number of benzene rings is 1. The maximum atomic E-state index is 12.3. The number of hydrogen-bond acceptors (Lipinski definition) is 5. The summed E-state index contributed by atoms with van der Waals surface area (Å²) in [5, 5.41) is 10.5. The zero-order valence-electron chi connectivity index (χ0n) is 16.8. The van der Waals surface area contributed by atoms with Crippen molar-refractivity contribution < 1.29 is 19.4 Å². The molecule has 0 saturated carbocycles. The molecule has 7 heteroatoms. The van der Waals surface area contributed by atoms with Crippen LogP contribution in [0.5, 0.6) is 0 Å². The van der Waals surface area contributed by atoms with Gasteiger partial charge in [0.15, 0.2) is 5.69 Å². The molecule has 2 aromatic heterocycles. The van der Waals surface area contributed by atoms with Gasteiger partial charge in [0.2, 0.25) is 5.60 Å². The van der Waals surface area contributed by atoms with Crippen LogP contribution >= 0.6 is 0 Å². The first kappa shape index (κ1) is 19.7. The number of amides is 1. The third-order valence-electron chi connectivity index (χ3n) is 5.06. The van der Waals surface area contributed by atoms with Crippen LogP contribution in [0.2, 0.25) is 0 Å². The van der Waals surface area contributed by atoms with Crippen LogP contribution in [-0.2, 0) is 9.53 Å². The Hall–Kier alpha value is -3.63. The average Bonchev–Trinajstić information content (AvgIpc) is 3.27. The highest BCUT2D eigenvalue weighted by Gasteiger charge is 2.42. The lowest BCUT2D eigenvalue weighted by atomic mass is 10.0. The largest absolute Gasteiger partial charge is 0.461 e. The van der Waals surface area contributed by atoms with Crippen molar-refractivity contribution in [3.05, 3.63) is 59.9 Å². The van der Waals surface area contributed by atoms with Crippen LogP contribution in [-0.4, -0.2) is 57.1 Å². The molecular formula is C23H21N3O4. The number of aliphatic hydroxyl groups is 1. The Morgan fingerprint density at radius 2 is 2.13 bits per heavy atom. The molecule has 1 fully saturated rings. The van der Waals surface area contributed by atoms with Crippen LogP contribution in [0.1, 0.15) is 29.4 Å². The Bertz CT molecular complexity index is 1200. The molecule has 0 bridgehead atoms. The van der Waals surface area contributed by atoms with E-state index in [-0.39, 0.29) is 24.6 Å². The quantitative estimate of drug-likeness (QED) is 0.535. The number of pyridine rings is 1. The summed E-state index contributed by atoms with van der Waals surface area (Å²) < 4.78 is 6.95. The number of aromatic nitrogens is 2. The van der Waals surface area contributed by atoms with Gasteiger partial charge in [0.05, 0.1) is 12.1 Å². The van der Waals surface area contributed by atoms with Gasteiger partial charge in [0, 0.05) is 37.3 Å². The van der Waals surface area contributed by atoms with Gasteiger partial charge < -0.3 is 14.7 Å². The van der Waals surface area contributed by atoms with E-state index in [1.165, 1.54) is 4.90 Å². The van der Waals surface area contributed by atoms with Crippen LogP contribution in [0, 0.1) is 11.8 Å². The highest BCUT2D eigenvalue weighted by Crippen LogP contribution is 2.25. The molecule has 0 aliphatic carbocycles. The fourth-order valence-corrected chi connectivity index (χ4v) is 3.47. The van der Waals surface area contributed by atoms with Gasteiger partial charge in [-0.3, -0.25) is 9.20 Å². The van der Waals surface area contributed by atoms with Gasteiger partial charge in [0.25, 0.3) is 5.91 Å². The number of imidazole rings is 1. The van der Waals surface area contributed by atoms with Crippen LogP contribution in [0.4, 0.5) is 0 Å². The summed E-state index contributed by atoms with van der Waals surface area (Å²) in [6.07, 6.45) is 2.11. The number of ether oxygens (including phenoxy) is 1. The van der Waals surface area contributed by atoms with Crippen LogP contribution in [0.15, 0.2) is 48.7 Å². The zero-order valence-corrected chi connectivity index (χ0v) is 16.8. The Labute approximate surface area is 173 Å². The fraction of sp³-hybridized carbons (Fsp3) is 0.261. The number of rotatable bonds is 3. The Morgan fingerprint density at radius 1 is 1.30 bits per heavy atom. The molecular weight excluding hydrogens is 382 g/mol. The van der Waals surface area contributed by atoms with Gasteiger partial charge >= 0.3 is 5.97 Å². The molecule has 3 aromatic rings. The van der Waals surface area contributed by atoms with Gasteiger partial charge in [-0.05, 0) is 31.2 Å². The molecule has 0 unspecified atom stereocenters. The van der Waals surface area contributed by atoms with E-state index in [0.717, 1.165) is 5.56 Å². The van der Waals surface area contributed by atoms with E-state index in [2.05, 4.69) is 16.8 Å². The van der Waals surface area contributed by atoms with E-state index < -0.39 is 11.6 Å². The summed E-state index contributed by atoms with van der Waals surface area (Å²) in [6, 6.07) is 12.8. The molecule has 30 heavy (non-hydrogen) atoms. The number of esters is 1. The summed E-state index contributed by atoms with van der Waals surface area (Å²) in [5.74, 6) is 5.35. The molecule has 1 aliphatic rings. The molecule has 0 radical (unpaired) electrons. The first-order chi connectivity index (χ1) is 14.4. The molecule has 152 valence electrons. The third kappa shape index (κ3) is 3.42. The van der Waals surface area contributed by atoms with Crippen LogP contribution in [0.25, 0.3) is 16.9 Å². The molecule has 0 spiro atoms. The molecule has 4 rings (SSSR count). The maximum absolute atomic E-state index is 12.3. The topological polar surface area (TPSA) is 84.1 Å². The van der Waals surface area contributed by atoms with Crippen molar-refractivity contribution in [1.82, 2.24) is 14.3 Å². The number of fused-ring (bicyclic) bond motifs is 1. The molecule has 1 saturated heterocycles. The Morgan fingerprint density at radius 3 is 2.87 bits per heavy atom. The number of nitrogens with zero attached hydrogens (tertiary/aromatic N) is 3.